The van der Waals surface area contributed by atoms with Crippen molar-refractivity contribution in [3.8, 4) is 0 Å². The van der Waals surface area contributed by atoms with Crippen molar-refractivity contribution in [2.45, 2.75) is 30.2 Å². The van der Waals surface area contributed by atoms with E-state index in [1.54, 1.807) is 18.2 Å². The monoisotopic (exact) mass is 473 g/mol. The molecule has 7 heteroatoms. The summed E-state index contributed by atoms with van der Waals surface area (Å²) in [6.07, 6.45) is 3.04. The first kappa shape index (κ1) is 15.9. The second kappa shape index (κ2) is 6.56. The Kier molecular flexibility index (Phi) is 5.50. The van der Waals surface area contributed by atoms with Crippen molar-refractivity contribution in [3.63, 3.8) is 0 Å². The van der Waals surface area contributed by atoms with Gasteiger partial charge in [0.25, 0.3) is 0 Å². The molecule has 1 saturated carbocycles. The minimum atomic E-state index is -3.49. The maximum absolute atomic E-state index is 12.4. The molecule has 3 nitrogen and oxygen atoms in total. The standard InChI is InChI=1S/C12H14Br3NO2S/c13-7-8-2-1-3-11(8)16-19(17,18)12-6-9(14)4-5-10(12)15/h4-6,8,11,16H,1-3,7H2. The summed E-state index contributed by atoms with van der Waals surface area (Å²) in [5.41, 5.74) is 0. The van der Waals surface area contributed by atoms with Crippen LogP contribution in [-0.2, 0) is 10.0 Å². The number of benzene rings is 1. The van der Waals surface area contributed by atoms with Gasteiger partial charge < -0.3 is 0 Å². The Morgan fingerprint density at radius 3 is 2.68 bits per heavy atom. The fraction of sp³-hybridized carbons (Fsp3) is 0.500. The fourth-order valence-electron chi connectivity index (χ4n) is 2.32. The topological polar surface area (TPSA) is 46.2 Å². The molecule has 0 spiro atoms. The van der Waals surface area contributed by atoms with E-state index in [0.29, 0.717) is 10.4 Å². The summed E-state index contributed by atoms with van der Waals surface area (Å²) in [4.78, 5) is 0.280. The van der Waals surface area contributed by atoms with Gasteiger partial charge in [0, 0.05) is 20.3 Å². The highest BCUT2D eigenvalue weighted by Gasteiger charge is 2.31. The molecular formula is C12H14Br3NO2S. The van der Waals surface area contributed by atoms with E-state index in [1.807, 2.05) is 0 Å². The molecule has 2 rings (SSSR count). The average Bonchev–Trinajstić information content (AvgIpc) is 2.78. The third-order valence-corrected chi connectivity index (χ3v) is 7.16. The van der Waals surface area contributed by atoms with Gasteiger partial charge >= 0.3 is 0 Å². The van der Waals surface area contributed by atoms with E-state index < -0.39 is 10.0 Å². The Morgan fingerprint density at radius 2 is 2.00 bits per heavy atom. The summed E-state index contributed by atoms with van der Waals surface area (Å²) in [6.45, 7) is 0. The molecule has 0 heterocycles. The predicted molar refractivity (Wildman–Crippen MR) is 87.1 cm³/mol. The van der Waals surface area contributed by atoms with Crippen molar-refractivity contribution in [2.24, 2.45) is 5.92 Å². The van der Waals surface area contributed by atoms with E-state index in [4.69, 9.17) is 0 Å². The van der Waals surface area contributed by atoms with Gasteiger partial charge in [-0.05, 0) is 52.9 Å². The third-order valence-electron chi connectivity index (χ3n) is 3.35. The van der Waals surface area contributed by atoms with Gasteiger partial charge in [-0.3, -0.25) is 0 Å². The van der Waals surface area contributed by atoms with Crippen molar-refractivity contribution >= 4 is 57.8 Å². The van der Waals surface area contributed by atoms with Crippen molar-refractivity contribution in [2.75, 3.05) is 5.33 Å². The summed E-state index contributed by atoms with van der Waals surface area (Å²) in [7, 11) is -3.49. The van der Waals surface area contributed by atoms with Gasteiger partial charge in [-0.1, -0.05) is 38.3 Å². The van der Waals surface area contributed by atoms with Gasteiger partial charge in [0.1, 0.15) is 0 Å². The number of nitrogens with one attached hydrogen (secondary N) is 1. The SMILES string of the molecule is O=S(=O)(NC1CCCC1CBr)c1cc(Br)ccc1Br. The second-order valence-corrected chi connectivity index (χ2v) is 8.75. The van der Waals surface area contributed by atoms with E-state index in [9.17, 15) is 8.42 Å². The Morgan fingerprint density at radius 1 is 1.26 bits per heavy atom. The average molecular weight is 476 g/mol. The van der Waals surface area contributed by atoms with Crippen LogP contribution < -0.4 is 4.72 Å². The molecule has 0 saturated heterocycles. The van der Waals surface area contributed by atoms with Crippen LogP contribution in [-0.4, -0.2) is 19.8 Å². The lowest BCUT2D eigenvalue weighted by Crippen LogP contribution is -2.38. The van der Waals surface area contributed by atoms with E-state index in [2.05, 4.69) is 52.5 Å². The first-order valence-electron chi connectivity index (χ1n) is 5.97. The highest BCUT2D eigenvalue weighted by molar-refractivity contribution is 9.11. The van der Waals surface area contributed by atoms with Crippen LogP contribution in [0.2, 0.25) is 0 Å². The number of halogens is 3. The van der Waals surface area contributed by atoms with Gasteiger partial charge in [0.2, 0.25) is 10.0 Å². The van der Waals surface area contributed by atoms with Crippen LogP contribution in [0.15, 0.2) is 32.0 Å². The summed E-state index contributed by atoms with van der Waals surface area (Å²) in [5, 5.41) is 0.833. The first-order chi connectivity index (χ1) is 8.94. The number of rotatable bonds is 4. The predicted octanol–water partition coefficient (Wildman–Crippen LogP) is 4.05. The third kappa shape index (κ3) is 3.81. The lowest BCUT2D eigenvalue weighted by atomic mass is 10.1. The van der Waals surface area contributed by atoms with Crippen LogP contribution >= 0.6 is 47.8 Å². The minimum Gasteiger partial charge on any atom is -0.208 e. The van der Waals surface area contributed by atoms with Crippen LogP contribution in [0.1, 0.15) is 19.3 Å². The van der Waals surface area contributed by atoms with Crippen molar-refractivity contribution < 1.29 is 8.42 Å². The Hall–Kier alpha value is 0.570. The Bertz CT molecular complexity index is 562. The molecule has 2 unspecified atom stereocenters. The zero-order chi connectivity index (χ0) is 14.0. The number of hydrogen-bond donors (Lipinski definition) is 1. The summed E-state index contributed by atoms with van der Waals surface area (Å²) in [5.74, 6) is 0.376. The number of hydrogen-bond acceptors (Lipinski definition) is 2. The van der Waals surface area contributed by atoms with Crippen molar-refractivity contribution in [1.29, 1.82) is 0 Å². The number of sulfonamides is 1. The minimum absolute atomic E-state index is 0.0234. The fourth-order valence-corrected chi connectivity index (χ4v) is 5.94. The molecule has 19 heavy (non-hydrogen) atoms. The van der Waals surface area contributed by atoms with Crippen LogP contribution in [0.5, 0.6) is 0 Å². The normalized spacial score (nSPS) is 23.7. The maximum Gasteiger partial charge on any atom is 0.241 e. The van der Waals surface area contributed by atoms with E-state index in [-0.39, 0.29) is 10.9 Å². The largest absolute Gasteiger partial charge is 0.241 e. The molecule has 0 aliphatic heterocycles. The highest BCUT2D eigenvalue weighted by atomic mass is 79.9. The molecule has 0 amide bonds. The molecule has 106 valence electrons. The Balaban J connectivity index is 2.25. The maximum atomic E-state index is 12.4. The molecule has 1 aliphatic rings. The van der Waals surface area contributed by atoms with Gasteiger partial charge in [-0.15, -0.1) is 0 Å². The molecule has 1 fully saturated rings. The Labute approximate surface area is 139 Å². The number of alkyl halides is 1. The highest BCUT2D eigenvalue weighted by Crippen LogP contribution is 2.30. The van der Waals surface area contributed by atoms with Gasteiger partial charge in [0.15, 0.2) is 0 Å². The summed E-state index contributed by atoms with van der Waals surface area (Å²) < 4.78 is 29.1. The van der Waals surface area contributed by atoms with Crippen LogP contribution in [0.25, 0.3) is 0 Å². The van der Waals surface area contributed by atoms with E-state index in [0.717, 1.165) is 29.1 Å². The molecule has 1 aliphatic carbocycles. The lowest BCUT2D eigenvalue weighted by molar-refractivity contribution is 0.484. The molecular weight excluding hydrogens is 462 g/mol. The first-order valence-corrected chi connectivity index (χ1v) is 10.2. The van der Waals surface area contributed by atoms with Crippen molar-refractivity contribution in [1.82, 2.24) is 4.72 Å². The second-order valence-electron chi connectivity index (χ2n) is 4.65. The van der Waals surface area contributed by atoms with E-state index in [1.165, 1.54) is 0 Å². The van der Waals surface area contributed by atoms with Gasteiger partial charge in [0.05, 0.1) is 4.90 Å². The van der Waals surface area contributed by atoms with Gasteiger partial charge in [-0.25, -0.2) is 13.1 Å². The van der Waals surface area contributed by atoms with Crippen LogP contribution in [0.3, 0.4) is 0 Å². The van der Waals surface area contributed by atoms with Crippen LogP contribution in [0.4, 0.5) is 0 Å². The molecule has 0 radical (unpaired) electrons. The molecule has 0 aromatic heterocycles. The zero-order valence-electron chi connectivity index (χ0n) is 10.1. The van der Waals surface area contributed by atoms with E-state index >= 15 is 0 Å². The molecule has 1 N–H and O–H groups in total. The molecule has 1 aromatic carbocycles. The smallest absolute Gasteiger partial charge is 0.208 e. The quantitative estimate of drug-likeness (QED) is 0.668. The molecule has 2 atom stereocenters. The van der Waals surface area contributed by atoms with Crippen LogP contribution in [0, 0.1) is 5.92 Å². The lowest BCUT2D eigenvalue weighted by Gasteiger charge is -2.19. The van der Waals surface area contributed by atoms with Gasteiger partial charge in [-0.2, -0.15) is 0 Å². The summed E-state index contributed by atoms with van der Waals surface area (Å²) >= 11 is 10.1. The van der Waals surface area contributed by atoms with Crippen molar-refractivity contribution in [3.05, 3.63) is 27.1 Å². The summed E-state index contributed by atoms with van der Waals surface area (Å²) in [6, 6.07) is 5.18. The molecule has 0 bridgehead atoms. The molecule has 1 aromatic rings. The zero-order valence-corrected chi connectivity index (χ0v) is 15.6.